The van der Waals surface area contributed by atoms with Gasteiger partial charge in [-0.3, -0.25) is 0 Å². The average molecular weight is 471 g/mol. The minimum Gasteiger partial charge on any atom is -0.388 e. The molecular weight excluding hydrogens is 436 g/mol. The van der Waals surface area contributed by atoms with E-state index in [0.29, 0.717) is 6.42 Å². The van der Waals surface area contributed by atoms with Gasteiger partial charge in [0.1, 0.15) is 11.5 Å². The molecule has 0 aliphatic carbocycles. The van der Waals surface area contributed by atoms with Gasteiger partial charge in [0.05, 0.1) is 0 Å². The molecular formula is C21H34O8Si2. The third kappa shape index (κ3) is 7.29. The van der Waals surface area contributed by atoms with E-state index in [2.05, 4.69) is 0 Å². The zero-order valence-electron chi connectivity index (χ0n) is 19.0. The van der Waals surface area contributed by atoms with Crippen LogP contribution in [0.1, 0.15) is 16.9 Å². The molecule has 0 saturated heterocycles. The Hall–Kier alpha value is -1.45. The van der Waals surface area contributed by atoms with Crippen LogP contribution in [0.15, 0.2) is 60.7 Å². The average Bonchev–Trinajstić information content (AvgIpc) is 2.83. The van der Waals surface area contributed by atoms with Gasteiger partial charge in [-0.25, -0.2) is 0 Å². The van der Waals surface area contributed by atoms with Crippen molar-refractivity contribution in [3.05, 3.63) is 71.8 Å². The van der Waals surface area contributed by atoms with Gasteiger partial charge < -0.3 is 36.8 Å². The van der Waals surface area contributed by atoms with Gasteiger partial charge in [0.2, 0.25) is 0 Å². The van der Waals surface area contributed by atoms with Crippen LogP contribution in [0, 0.1) is 0 Å². The third-order valence-electron chi connectivity index (χ3n) is 4.84. The van der Waals surface area contributed by atoms with E-state index in [1.807, 2.05) is 60.7 Å². The molecule has 0 saturated carbocycles. The van der Waals surface area contributed by atoms with Crippen molar-refractivity contribution in [2.24, 2.45) is 0 Å². The molecule has 2 unspecified atom stereocenters. The lowest BCUT2D eigenvalue weighted by Crippen LogP contribution is -2.55. The Balaban J connectivity index is 0.000000311. The van der Waals surface area contributed by atoms with E-state index in [-0.39, 0.29) is 0 Å². The molecule has 10 heteroatoms. The van der Waals surface area contributed by atoms with E-state index < -0.39 is 29.1 Å². The Kier molecular flexibility index (Phi) is 12.3. The molecule has 31 heavy (non-hydrogen) atoms. The number of aliphatic hydroxyl groups excluding tert-OH is 2. The second-order valence-corrected chi connectivity index (χ2v) is 12.5. The maximum Gasteiger partial charge on any atom is 0.535 e. The first-order valence-corrected chi connectivity index (χ1v) is 13.2. The van der Waals surface area contributed by atoms with Crippen molar-refractivity contribution in [3.63, 3.8) is 0 Å². The van der Waals surface area contributed by atoms with Crippen molar-refractivity contribution in [2.45, 2.75) is 17.9 Å². The van der Waals surface area contributed by atoms with Crippen LogP contribution in [-0.2, 0) is 33.0 Å². The van der Waals surface area contributed by atoms with Crippen LogP contribution < -0.4 is 0 Å². The minimum absolute atomic E-state index is 0.461. The smallest absolute Gasteiger partial charge is 0.388 e. The highest BCUT2D eigenvalue weighted by molar-refractivity contribution is 6.62. The molecule has 0 aromatic heterocycles. The molecule has 2 rings (SSSR count). The zero-order chi connectivity index (χ0) is 23.3. The quantitative estimate of drug-likeness (QED) is 0.482. The molecule has 2 N–H and O–H groups in total. The van der Waals surface area contributed by atoms with Crippen molar-refractivity contribution in [3.8, 4) is 0 Å². The highest BCUT2D eigenvalue weighted by atomic mass is 28.4. The molecule has 0 amide bonds. The molecule has 0 aliphatic rings. The Labute approximate surface area is 187 Å². The van der Waals surface area contributed by atoms with Crippen molar-refractivity contribution in [1.29, 1.82) is 0 Å². The van der Waals surface area contributed by atoms with Crippen LogP contribution in [0.4, 0.5) is 0 Å². The standard InChI is InChI=1S/C11H18O4Si.C10H16O4Si/c1-13-16(14-2,15-3)11(12)9-10-7-5-4-6-8-10;1-12-15(13-2,14-3)10(11)9-7-5-4-6-8-9/h4-8,11-12H,9H2,1-3H3;4-8,10-11H,1-3H3. The van der Waals surface area contributed by atoms with Gasteiger partial charge in [-0.05, 0) is 11.1 Å². The molecule has 0 radical (unpaired) electrons. The van der Waals surface area contributed by atoms with Gasteiger partial charge >= 0.3 is 17.6 Å². The molecule has 0 aliphatic heterocycles. The first kappa shape index (κ1) is 27.6. The zero-order valence-corrected chi connectivity index (χ0v) is 21.0. The van der Waals surface area contributed by atoms with E-state index in [4.69, 9.17) is 26.6 Å². The summed E-state index contributed by atoms with van der Waals surface area (Å²) >= 11 is 0. The summed E-state index contributed by atoms with van der Waals surface area (Å²) in [5, 5.41) is 20.2. The van der Waals surface area contributed by atoms with Gasteiger partial charge in [0.15, 0.2) is 0 Å². The Bertz CT molecular complexity index is 695. The number of hydrogen-bond donors (Lipinski definition) is 2. The lowest BCUT2D eigenvalue weighted by molar-refractivity contribution is 0.0583. The van der Waals surface area contributed by atoms with E-state index in [1.165, 1.54) is 42.7 Å². The van der Waals surface area contributed by atoms with E-state index in [0.717, 1.165) is 11.1 Å². The summed E-state index contributed by atoms with van der Waals surface area (Å²) in [6.45, 7) is 0. The van der Waals surface area contributed by atoms with E-state index in [9.17, 15) is 10.2 Å². The normalized spacial score (nSPS) is 13.8. The van der Waals surface area contributed by atoms with Gasteiger partial charge in [0, 0.05) is 49.1 Å². The van der Waals surface area contributed by atoms with Crippen molar-refractivity contribution in [2.75, 3.05) is 42.7 Å². The van der Waals surface area contributed by atoms with Gasteiger partial charge in [-0.15, -0.1) is 0 Å². The van der Waals surface area contributed by atoms with Crippen molar-refractivity contribution >= 4 is 17.6 Å². The number of rotatable bonds is 11. The summed E-state index contributed by atoms with van der Waals surface area (Å²) in [5.74, 6) is 0. The summed E-state index contributed by atoms with van der Waals surface area (Å²) in [6, 6.07) is 18.9. The van der Waals surface area contributed by atoms with Gasteiger partial charge in [0.25, 0.3) is 0 Å². The highest BCUT2D eigenvalue weighted by Crippen LogP contribution is 2.25. The summed E-state index contributed by atoms with van der Waals surface area (Å²) in [5.41, 5.74) is 0.140. The fraction of sp³-hybridized carbons (Fsp3) is 0.429. The SMILES string of the molecule is CO[Si](OC)(OC)C(O)Cc1ccccc1.CO[Si](OC)(OC)C(O)c1ccccc1. The number of hydrogen-bond acceptors (Lipinski definition) is 8. The predicted octanol–water partition coefficient (Wildman–Crippen LogP) is 2.14. The van der Waals surface area contributed by atoms with Crippen LogP contribution in [0.5, 0.6) is 0 Å². The summed E-state index contributed by atoms with van der Waals surface area (Å²) in [7, 11) is 2.96. The second kappa shape index (κ2) is 13.9. The molecule has 0 fully saturated rings. The number of benzene rings is 2. The molecule has 0 bridgehead atoms. The summed E-state index contributed by atoms with van der Waals surface area (Å²) in [6.07, 6.45) is 0.461. The van der Waals surface area contributed by atoms with Crippen LogP contribution in [0.2, 0.25) is 0 Å². The minimum atomic E-state index is -3.01. The van der Waals surface area contributed by atoms with Crippen molar-refractivity contribution < 1.29 is 36.8 Å². The van der Waals surface area contributed by atoms with Gasteiger partial charge in [-0.1, -0.05) is 60.7 Å². The maximum atomic E-state index is 10.1. The monoisotopic (exact) mass is 470 g/mol. The van der Waals surface area contributed by atoms with Crippen molar-refractivity contribution in [1.82, 2.24) is 0 Å². The van der Waals surface area contributed by atoms with Gasteiger partial charge in [-0.2, -0.15) is 0 Å². The molecule has 2 aromatic rings. The Morgan fingerprint density at radius 3 is 1.39 bits per heavy atom. The fourth-order valence-electron chi connectivity index (χ4n) is 3.04. The van der Waals surface area contributed by atoms with Crippen LogP contribution in [-0.4, -0.2) is 76.2 Å². The molecule has 2 aromatic carbocycles. The summed E-state index contributed by atoms with van der Waals surface area (Å²) in [4.78, 5) is 0. The molecule has 0 heterocycles. The summed E-state index contributed by atoms with van der Waals surface area (Å²) < 4.78 is 31.2. The van der Waals surface area contributed by atoms with Crippen LogP contribution in [0.3, 0.4) is 0 Å². The molecule has 0 spiro atoms. The second-order valence-electron chi connectivity index (χ2n) is 6.45. The van der Waals surface area contributed by atoms with Crippen LogP contribution >= 0.6 is 0 Å². The third-order valence-corrected chi connectivity index (χ3v) is 10.3. The topological polar surface area (TPSA) is 95.8 Å². The Morgan fingerprint density at radius 2 is 1.00 bits per heavy atom. The predicted molar refractivity (Wildman–Crippen MR) is 121 cm³/mol. The lowest BCUT2D eigenvalue weighted by atomic mass is 10.2. The molecule has 2 atom stereocenters. The maximum absolute atomic E-state index is 10.1. The Morgan fingerprint density at radius 1 is 0.613 bits per heavy atom. The first-order valence-electron chi connectivity index (χ1n) is 9.64. The van der Waals surface area contributed by atoms with E-state index in [1.54, 1.807) is 0 Å². The van der Waals surface area contributed by atoms with E-state index >= 15 is 0 Å². The molecule has 8 nitrogen and oxygen atoms in total. The molecule has 174 valence electrons. The highest BCUT2D eigenvalue weighted by Gasteiger charge is 2.48. The van der Waals surface area contributed by atoms with Crippen LogP contribution in [0.25, 0.3) is 0 Å². The number of aliphatic hydroxyl groups is 2. The fourth-order valence-corrected chi connectivity index (χ4v) is 6.62. The largest absolute Gasteiger partial charge is 0.535 e. The first-order chi connectivity index (χ1) is 14.9. The lowest BCUT2D eigenvalue weighted by Gasteiger charge is -2.29.